The van der Waals surface area contributed by atoms with Crippen LogP contribution in [0.3, 0.4) is 0 Å². The number of nitrogens with zero attached hydrogens (tertiary/aromatic N) is 1. The average molecular weight is 115 g/mol. The van der Waals surface area contributed by atoms with Gasteiger partial charge in [-0.2, -0.15) is 0 Å². The minimum Gasteiger partial charge on any atom is -0.411 e. The Morgan fingerprint density at radius 3 is 1.75 bits per heavy atom. The molecule has 0 heterocycles. The fourth-order valence-electron chi connectivity index (χ4n) is 0.150. The summed E-state index contributed by atoms with van der Waals surface area (Å²) in [4.78, 5) is 0. The van der Waals surface area contributed by atoms with Crippen molar-refractivity contribution >= 4 is 5.71 Å². The fourth-order valence-corrected chi connectivity index (χ4v) is 0.150. The van der Waals surface area contributed by atoms with E-state index in [0.29, 0.717) is 0 Å². The summed E-state index contributed by atoms with van der Waals surface area (Å²) >= 11 is 0. The van der Waals surface area contributed by atoms with E-state index in [1.807, 2.05) is 20.8 Å². The van der Waals surface area contributed by atoms with Crippen LogP contribution in [0.4, 0.5) is 0 Å². The highest BCUT2D eigenvalue weighted by Crippen LogP contribution is 2.14. The Labute approximate surface area is 50.2 Å². The van der Waals surface area contributed by atoms with Crippen molar-refractivity contribution in [2.75, 3.05) is 0 Å². The largest absolute Gasteiger partial charge is 0.411 e. The molecule has 0 amide bonds. The third kappa shape index (κ3) is 1.96. The van der Waals surface area contributed by atoms with Crippen LogP contribution in [-0.2, 0) is 0 Å². The average Bonchev–Trinajstić information content (AvgIpc) is 1.62. The topological polar surface area (TPSA) is 32.6 Å². The van der Waals surface area contributed by atoms with Gasteiger partial charge in [0.15, 0.2) is 0 Å². The van der Waals surface area contributed by atoms with Gasteiger partial charge < -0.3 is 5.21 Å². The van der Waals surface area contributed by atoms with Gasteiger partial charge in [-0.25, -0.2) is 0 Å². The van der Waals surface area contributed by atoms with Gasteiger partial charge in [0.1, 0.15) is 0 Å². The van der Waals surface area contributed by atoms with Crippen molar-refractivity contribution in [1.29, 1.82) is 0 Å². The lowest BCUT2D eigenvalue weighted by molar-refractivity contribution is 0.310. The minimum atomic E-state index is 0.00868. The van der Waals surface area contributed by atoms with Crippen molar-refractivity contribution in [2.24, 2.45) is 10.6 Å². The van der Waals surface area contributed by atoms with E-state index in [2.05, 4.69) is 5.16 Å². The van der Waals surface area contributed by atoms with E-state index in [4.69, 9.17) is 5.21 Å². The van der Waals surface area contributed by atoms with Crippen molar-refractivity contribution in [1.82, 2.24) is 0 Å². The molecule has 0 spiro atoms. The molecule has 0 saturated heterocycles. The van der Waals surface area contributed by atoms with Crippen LogP contribution in [0.25, 0.3) is 0 Å². The Morgan fingerprint density at radius 2 is 1.75 bits per heavy atom. The Hall–Kier alpha value is -0.530. The first-order valence-electron chi connectivity index (χ1n) is 2.67. The third-order valence-electron chi connectivity index (χ3n) is 1.24. The summed E-state index contributed by atoms with van der Waals surface area (Å²) in [5, 5.41) is 11.3. The Balaban J connectivity index is 4.03. The molecule has 2 heteroatoms. The van der Waals surface area contributed by atoms with E-state index >= 15 is 0 Å². The highest BCUT2D eigenvalue weighted by molar-refractivity contribution is 5.86. The van der Waals surface area contributed by atoms with Gasteiger partial charge in [-0.1, -0.05) is 25.9 Å². The van der Waals surface area contributed by atoms with E-state index in [1.54, 1.807) is 6.92 Å². The summed E-state index contributed by atoms with van der Waals surface area (Å²) in [5.41, 5.74) is 0.770. The quantitative estimate of drug-likeness (QED) is 0.292. The van der Waals surface area contributed by atoms with Gasteiger partial charge in [0.2, 0.25) is 0 Å². The van der Waals surface area contributed by atoms with Gasteiger partial charge >= 0.3 is 0 Å². The third-order valence-corrected chi connectivity index (χ3v) is 1.24. The lowest BCUT2D eigenvalue weighted by atomic mass is 9.91. The molecule has 8 heavy (non-hydrogen) atoms. The normalized spacial score (nSPS) is 14.2. The second-order valence-corrected chi connectivity index (χ2v) is 2.94. The number of oxime groups is 1. The van der Waals surface area contributed by atoms with Crippen molar-refractivity contribution in [2.45, 2.75) is 27.7 Å². The predicted octanol–water partition coefficient (Wildman–Crippen LogP) is 1.88. The first kappa shape index (κ1) is 7.47. The van der Waals surface area contributed by atoms with Crippen molar-refractivity contribution in [3.8, 4) is 0 Å². The second kappa shape index (κ2) is 2.16. The molecular formula is C6H13NO. The highest BCUT2D eigenvalue weighted by atomic mass is 16.4. The second-order valence-electron chi connectivity index (χ2n) is 2.94. The maximum absolute atomic E-state index is 8.26. The van der Waals surface area contributed by atoms with E-state index in [9.17, 15) is 0 Å². The summed E-state index contributed by atoms with van der Waals surface area (Å²) < 4.78 is 0. The van der Waals surface area contributed by atoms with Gasteiger partial charge in [0.25, 0.3) is 0 Å². The van der Waals surface area contributed by atoms with E-state index in [1.165, 1.54) is 0 Å². The molecule has 0 aliphatic carbocycles. The first-order chi connectivity index (χ1) is 3.48. The first-order valence-corrected chi connectivity index (χ1v) is 2.67. The Bertz CT molecular complexity index is 99.6. The Morgan fingerprint density at radius 1 is 1.38 bits per heavy atom. The molecule has 48 valence electrons. The minimum absolute atomic E-state index is 0.00868. The molecule has 0 fully saturated rings. The smallest absolute Gasteiger partial charge is 0.0593 e. The molecule has 0 aromatic heterocycles. The molecule has 0 aromatic rings. The molecule has 0 bridgehead atoms. The Kier molecular flexibility index (Phi) is 2.02. The van der Waals surface area contributed by atoms with Gasteiger partial charge in [0.05, 0.1) is 5.71 Å². The summed E-state index contributed by atoms with van der Waals surface area (Å²) in [5.74, 6) is 0. The van der Waals surface area contributed by atoms with Crippen LogP contribution >= 0.6 is 0 Å². The summed E-state index contributed by atoms with van der Waals surface area (Å²) in [6.07, 6.45) is 0. The van der Waals surface area contributed by atoms with Crippen LogP contribution in [0.15, 0.2) is 5.16 Å². The lowest BCUT2D eigenvalue weighted by Crippen LogP contribution is -2.16. The predicted molar refractivity (Wildman–Crippen MR) is 34.4 cm³/mol. The molecule has 0 unspecified atom stereocenters. The maximum atomic E-state index is 8.26. The summed E-state index contributed by atoms with van der Waals surface area (Å²) in [6.45, 7) is 7.81. The summed E-state index contributed by atoms with van der Waals surface area (Å²) in [7, 11) is 0. The standard InChI is InChI=1S/C6H13NO/c1-5(7-8)6(2,3)4/h8H,1-4H3/b7-5+. The molecule has 0 aliphatic heterocycles. The number of rotatable bonds is 0. The zero-order valence-electron chi connectivity index (χ0n) is 5.89. The zero-order chi connectivity index (χ0) is 6.78. The van der Waals surface area contributed by atoms with Crippen molar-refractivity contribution in [3.05, 3.63) is 0 Å². The van der Waals surface area contributed by atoms with Crippen molar-refractivity contribution < 1.29 is 5.21 Å². The zero-order valence-corrected chi connectivity index (χ0v) is 5.89. The molecule has 0 saturated carbocycles. The van der Waals surface area contributed by atoms with Crippen LogP contribution in [0.1, 0.15) is 27.7 Å². The van der Waals surface area contributed by atoms with Crippen LogP contribution in [-0.4, -0.2) is 10.9 Å². The van der Waals surface area contributed by atoms with E-state index in [-0.39, 0.29) is 5.41 Å². The number of hydrogen-bond donors (Lipinski definition) is 1. The fraction of sp³-hybridized carbons (Fsp3) is 0.833. The van der Waals surface area contributed by atoms with Gasteiger partial charge in [0, 0.05) is 5.41 Å². The number of hydrogen-bond acceptors (Lipinski definition) is 2. The van der Waals surface area contributed by atoms with Gasteiger partial charge in [-0.05, 0) is 6.92 Å². The molecule has 0 rings (SSSR count). The molecule has 0 aliphatic rings. The molecule has 1 N–H and O–H groups in total. The van der Waals surface area contributed by atoms with E-state index < -0.39 is 0 Å². The summed E-state index contributed by atoms with van der Waals surface area (Å²) in [6, 6.07) is 0. The highest BCUT2D eigenvalue weighted by Gasteiger charge is 2.13. The van der Waals surface area contributed by atoms with Crippen LogP contribution in [0.5, 0.6) is 0 Å². The molecule has 2 nitrogen and oxygen atoms in total. The van der Waals surface area contributed by atoms with Gasteiger partial charge in [-0.15, -0.1) is 0 Å². The van der Waals surface area contributed by atoms with Crippen LogP contribution < -0.4 is 0 Å². The lowest BCUT2D eigenvalue weighted by Gasteiger charge is -2.15. The van der Waals surface area contributed by atoms with Crippen molar-refractivity contribution in [3.63, 3.8) is 0 Å². The van der Waals surface area contributed by atoms with E-state index in [0.717, 1.165) is 5.71 Å². The molecule has 0 atom stereocenters. The monoisotopic (exact) mass is 115 g/mol. The SMILES string of the molecule is C/C(=N\O)C(C)(C)C. The van der Waals surface area contributed by atoms with Crippen LogP contribution in [0.2, 0.25) is 0 Å². The van der Waals surface area contributed by atoms with Crippen LogP contribution in [0, 0.1) is 5.41 Å². The molecule has 0 aromatic carbocycles. The maximum Gasteiger partial charge on any atom is 0.0593 e. The van der Waals surface area contributed by atoms with Gasteiger partial charge in [-0.3, -0.25) is 0 Å². The molecular weight excluding hydrogens is 102 g/mol. The molecule has 0 radical (unpaired) electrons.